The monoisotopic (exact) mass is 403 g/mol. The lowest BCUT2D eigenvalue weighted by atomic mass is 10.0. The summed E-state index contributed by atoms with van der Waals surface area (Å²) in [6, 6.07) is 18.7. The van der Waals surface area contributed by atoms with E-state index >= 15 is 0 Å². The summed E-state index contributed by atoms with van der Waals surface area (Å²) in [6.45, 7) is 8.59. The predicted molar refractivity (Wildman–Crippen MR) is 121 cm³/mol. The highest BCUT2D eigenvalue weighted by molar-refractivity contribution is 7.19. The Morgan fingerprint density at radius 2 is 1.72 bits per heavy atom. The normalized spacial score (nSPS) is 11.4. The van der Waals surface area contributed by atoms with Crippen molar-refractivity contribution in [2.24, 2.45) is 0 Å². The van der Waals surface area contributed by atoms with Crippen LogP contribution in [0.1, 0.15) is 28.8 Å². The minimum atomic E-state index is -0.0549. The lowest BCUT2D eigenvalue weighted by Crippen LogP contribution is -2.25. The van der Waals surface area contributed by atoms with E-state index in [-0.39, 0.29) is 5.56 Å². The zero-order chi connectivity index (χ0) is 20.4. The van der Waals surface area contributed by atoms with E-state index in [4.69, 9.17) is 4.98 Å². The van der Waals surface area contributed by atoms with Crippen molar-refractivity contribution < 1.29 is 0 Å². The summed E-state index contributed by atoms with van der Waals surface area (Å²) in [5.74, 6) is 0.719. The first-order chi connectivity index (χ1) is 14.0. The van der Waals surface area contributed by atoms with E-state index in [1.165, 1.54) is 11.1 Å². The minimum Gasteiger partial charge on any atom is -0.309 e. The first-order valence-electron chi connectivity index (χ1n) is 9.90. The molecule has 5 heteroatoms. The number of thiophene rings is 1. The van der Waals surface area contributed by atoms with Gasteiger partial charge in [-0.25, -0.2) is 4.98 Å². The van der Waals surface area contributed by atoms with Gasteiger partial charge in [-0.3, -0.25) is 9.69 Å². The molecule has 0 aliphatic rings. The Kier molecular flexibility index (Phi) is 5.60. The van der Waals surface area contributed by atoms with Gasteiger partial charge in [0.2, 0.25) is 0 Å². The number of nitrogens with one attached hydrogen (secondary N) is 1. The van der Waals surface area contributed by atoms with Crippen molar-refractivity contribution in [2.75, 3.05) is 6.54 Å². The quantitative estimate of drug-likeness (QED) is 0.476. The first-order valence-corrected chi connectivity index (χ1v) is 10.7. The van der Waals surface area contributed by atoms with Crippen LogP contribution in [-0.2, 0) is 13.1 Å². The van der Waals surface area contributed by atoms with Crippen molar-refractivity contribution in [3.05, 3.63) is 86.8 Å². The molecule has 0 aliphatic carbocycles. The predicted octanol–water partition coefficient (Wildman–Crippen LogP) is 5.29. The van der Waals surface area contributed by atoms with E-state index in [1.807, 2.05) is 6.07 Å². The van der Waals surface area contributed by atoms with E-state index in [2.05, 4.69) is 79.2 Å². The van der Waals surface area contributed by atoms with Gasteiger partial charge in [0.1, 0.15) is 10.7 Å². The van der Waals surface area contributed by atoms with Gasteiger partial charge in [-0.05, 0) is 31.5 Å². The third-order valence-corrected chi connectivity index (χ3v) is 6.20. The number of aryl methyl sites for hydroxylation is 2. The fourth-order valence-electron chi connectivity index (χ4n) is 3.64. The van der Waals surface area contributed by atoms with E-state index in [0.717, 1.165) is 39.7 Å². The van der Waals surface area contributed by atoms with E-state index in [0.29, 0.717) is 11.9 Å². The van der Waals surface area contributed by atoms with Gasteiger partial charge in [-0.1, -0.05) is 67.1 Å². The number of hydrogen-bond acceptors (Lipinski definition) is 4. The molecule has 0 unspecified atom stereocenters. The minimum absolute atomic E-state index is 0.0549. The Bertz CT molecular complexity index is 1180. The molecule has 4 nitrogen and oxygen atoms in total. The second-order valence-corrected chi connectivity index (χ2v) is 8.58. The van der Waals surface area contributed by atoms with Crippen molar-refractivity contribution in [1.82, 2.24) is 14.9 Å². The third kappa shape index (κ3) is 4.16. The van der Waals surface area contributed by atoms with Crippen molar-refractivity contribution in [1.29, 1.82) is 0 Å². The number of H-pyrrole nitrogens is 1. The average Bonchev–Trinajstić information content (AvgIpc) is 3.05. The molecule has 0 aliphatic heterocycles. The Morgan fingerprint density at radius 1 is 1.00 bits per heavy atom. The number of fused-ring (bicyclic) bond motifs is 1. The van der Waals surface area contributed by atoms with Gasteiger partial charge in [0.05, 0.1) is 11.9 Å². The largest absolute Gasteiger partial charge is 0.309 e. The van der Waals surface area contributed by atoms with Gasteiger partial charge in [-0.15, -0.1) is 11.3 Å². The summed E-state index contributed by atoms with van der Waals surface area (Å²) in [4.78, 5) is 25.1. The van der Waals surface area contributed by atoms with Crippen LogP contribution in [0, 0.1) is 13.8 Å². The third-order valence-electron chi connectivity index (χ3n) is 5.20. The zero-order valence-electron chi connectivity index (χ0n) is 17.0. The fraction of sp³-hybridized carbons (Fsp3) is 0.250. The van der Waals surface area contributed by atoms with Crippen LogP contribution >= 0.6 is 11.3 Å². The lowest BCUT2D eigenvalue weighted by molar-refractivity contribution is 0.264. The standard InChI is InChI=1S/C24H25N3OS/c1-4-27(14-18-8-6-5-7-9-18)15-20-25-23(28)22-21(17(3)29-24(22)26-20)19-12-10-16(2)11-13-19/h5-13H,4,14-15H2,1-3H3,(H,25,26,28). The van der Waals surface area contributed by atoms with Crippen molar-refractivity contribution >= 4 is 21.6 Å². The maximum atomic E-state index is 13.0. The average molecular weight is 404 g/mol. The molecule has 2 aromatic heterocycles. The highest BCUT2D eigenvalue weighted by Gasteiger charge is 2.17. The number of aromatic amines is 1. The molecule has 0 saturated carbocycles. The van der Waals surface area contributed by atoms with E-state index in [1.54, 1.807) is 11.3 Å². The highest BCUT2D eigenvalue weighted by Crippen LogP contribution is 2.35. The molecule has 4 aromatic rings. The Labute approximate surface area is 174 Å². The molecule has 148 valence electrons. The van der Waals surface area contributed by atoms with Gasteiger partial charge in [-0.2, -0.15) is 0 Å². The van der Waals surface area contributed by atoms with Gasteiger partial charge in [0, 0.05) is 17.0 Å². The zero-order valence-corrected chi connectivity index (χ0v) is 17.8. The summed E-state index contributed by atoms with van der Waals surface area (Å²) in [5.41, 5.74) is 4.48. The summed E-state index contributed by atoms with van der Waals surface area (Å²) >= 11 is 1.60. The van der Waals surface area contributed by atoms with E-state index in [9.17, 15) is 4.79 Å². The summed E-state index contributed by atoms with van der Waals surface area (Å²) < 4.78 is 0. The van der Waals surface area contributed by atoms with Crippen LogP contribution in [0.2, 0.25) is 0 Å². The van der Waals surface area contributed by atoms with Crippen LogP contribution in [0.15, 0.2) is 59.4 Å². The van der Waals surface area contributed by atoms with Crippen LogP contribution in [0.25, 0.3) is 21.3 Å². The molecule has 1 N–H and O–H groups in total. The maximum absolute atomic E-state index is 13.0. The topological polar surface area (TPSA) is 49.0 Å². The van der Waals surface area contributed by atoms with Crippen molar-refractivity contribution in [2.45, 2.75) is 33.9 Å². The second-order valence-electron chi connectivity index (χ2n) is 7.38. The molecule has 2 heterocycles. The van der Waals surface area contributed by atoms with Crippen molar-refractivity contribution in [3.8, 4) is 11.1 Å². The molecule has 0 bridgehead atoms. The molecule has 0 radical (unpaired) electrons. The van der Waals surface area contributed by atoms with Gasteiger partial charge >= 0.3 is 0 Å². The van der Waals surface area contributed by atoms with Gasteiger partial charge in [0.25, 0.3) is 5.56 Å². The summed E-state index contributed by atoms with van der Waals surface area (Å²) in [6.07, 6.45) is 0. The molecular weight excluding hydrogens is 378 g/mol. The molecule has 4 rings (SSSR count). The molecule has 29 heavy (non-hydrogen) atoms. The number of aromatic nitrogens is 2. The number of hydrogen-bond donors (Lipinski definition) is 1. The molecule has 0 saturated heterocycles. The Hall–Kier alpha value is -2.76. The molecule has 0 spiro atoms. The lowest BCUT2D eigenvalue weighted by Gasteiger charge is -2.19. The Balaban J connectivity index is 1.67. The summed E-state index contributed by atoms with van der Waals surface area (Å²) in [7, 11) is 0. The Morgan fingerprint density at radius 3 is 2.41 bits per heavy atom. The smallest absolute Gasteiger partial charge is 0.260 e. The number of rotatable bonds is 6. The van der Waals surface area contributed by atoms with Crippen LogP contribution in [0.5, 0.6) is 0 Å². The summed E-state index contributed by atoms with van der Waals surface area (Å²) in [5, 5.41) is 0.700. The number of benzene rings is 2. The van der Waals surface area contributed by atoms with E-state index < -0.39 is 0 Å². The fourth-order valence-corrected chi connectivity index (χ4v) is 4.70. The van der Waals surface area contributed by atoms with Crippen LogP contribution in [0.3, 0.4) is 0 Å². The van der Waals surface area contributed by atoms with Crippen LogP contribution in [-0.4, -0.2) is 21.4 Å². The van der Waals surface area contributed by atoms with Crippen molar-refractivity contribution in [3.63, 3.8) is 0 Å². The van der Waals surface area contributed by atoms with Gasteiger partial charge in [0.15, 0.2) is 0 Å². The van der Waals surface area contributed by atoms with Gasteiger partial charge < -0.3 is 4.98 Å². The SMILES string of the molecule is CCN(Cc1ccccc1)Cc1nc2sc(C)c(-c3ccc(C)cc3)c2c(=O)[nH]1. The molecule has 0 fully saturated rings. The van der Waals surface area contributed by atoms with Crippen LogP contribution < -0.4 is 5.56 Å². The molecular formula is C24H25N3OS. The molecule has 2 aromatic carbocycles. The number of nitrogens with zero attached hydrogens (tertiary/aromatic N) is 2. The first kappa shape index (κ1) is 19.6. The molecule has 0 atom stereocenters. The molecule has 0 amide bonds. The second kappa shape index (κ2) is 8.31. The maximum Gasteiger partial charge on any atom is 0.260 e. The van der Waals surface area contributed by atoms with Crippen LogP contribution in [0.4, 0.5) is 0 Å². The highest BCUT2D eigenvalue weighted by atomic mass is 32.1.